The normalized spacial score (nSPS) is 16.5. The number of nitrogens with zero attached hydrogens (tertiary/aromatic N) is 6. The van der Waals surface area contributed by atoms with Crippen molar-refractivity contribution >= 4 is 11.8 Å². The van der Waals surface area contributed by atoms with Gasteiger partial charge in [-0.1, -0.05) is 0 Å². The summed E-state index contributed by atoms with van der Waals surface area (Å²) in [6, 6.07) is 8.24. The van der Waals surface area contributed by atoms with E-state index in [0.29, 0.717) is 17.7 Å². The van der Waals surface area contributed by atoms with E-state index in [4.69, 9.17) is 4.74 Å². The lowest BCUT2D eigenvalue weighted by Crippen LogP contribution is -2.51. The van der Waals surface area contributed by atoms with E-state index in [1.165, 1.54) is 21.8 Å². The Morgan fingerprint density at radius 2 is 1.92 bits per heavy atom. The molecule has 0 unspecified atom stereocenters. The monoisotopic (exact) mass is 495 g/mol. The predicted octanol–water partition coefficient (Wildman–Crippen LogP) is 2.54. The molecule has 1 aromatic carbocycles. The molecule has 2 amide bonds. The molecular weight excluding hydrogens is 465 g/mol. The topological polar surface area (TPSA) is 115 Å². The fourth-order valence-corrected chi connectivity index (χ4v) is 4.05. The number of benzene rings is 1. The fourth-order valence-electron chi connectivity index (χ4n) is 4.05. The Hall–Kier alpha value is -3.73. The van der Waals surface area contributed by atoms with Crippen LogP contribution >= 0.6 is 0 Å². The van der Waals surface area contributed by atoms with Gasteiger partial charge in [0.2, 0.25) is 17.6 Å². The van der Waals surface area contributed by atoms with E-state index in [1.807, 2.05) is 20.8 Å². The van der Waals surface area contributed by atoms with Crippen molar-refractivity contribution in [3.8, 4) is 11.4 Å². The molecule has 10 nitrogen and oxygen atoms in total. The molecule has 3 heterocycles. The van der Waals surface area contributed by atoms with Gasteiger partial charge in [0, 0.05) is 36.6 Å². The van der Waals surface area contributed by atoms with E-state index in [9.17, 15) is 14.0 Å². The van der Waals surface area contributed by atoms with Crippen molar-refractivity contribution in [2.45, 2.75) is 57.8 Å². The second-order valence-corrected chi connectivity index (χ2v) is 9.75. The number of pyridine rings is 1. The Labute approximate surface area is 208 Å². The van der Waals surface area contributed by atoms with Crippen LogP contribution in [0.5, 0.6) is 0 Å². The number of carbonyl (C=O) groups excluding carboxylic acids is 2. The Bertz CT molecular complexity index is 1170. The van der Waals surface area contributed by atoms with Gasteiger partial charge in [-0.25, -0.2) is 4.39 Å². The number of aromatic nitrogens is 5. The van der Waals surface area contributed by atoms with Gasteiger partial charge < -0.3 is 15.0 Å². The zero-order valence-electron chi connectivity index (χ0n) is 20.6. The van der Waals surface area contributed by atoms with Crippen LogP contribution in [0.25, 0.3) is 11.4 Å². The molecule has 1 aliphatic rings. The van der Waals surface area contributed by atoms with Crippen LogP contribution in [0.15, 0.2) is 48.8 Å². The van der Waals surface area contributed by atoms with Crippen LogP contribution < -0.4 is 5.32 Å². The van der Waals surface area contributed by atoms with Crippen molar-refractivity contribution in [3.63, 3.8) is 0 Å². The third kappa shape index (κ3) is 6.48. The molecule has 3 aromatic rings. The van der Waals surface area contributed by atoms with Gasteiger partial charge in [-0.15, -0.1) is 10.2 Å². The standard InChI is InChI=1S/C25H30FN7O3/c1-25(2,3)28-24(35)22(17-10-12-27-13-11-17)32(15-20-5-4-14-36-20)21(34)16-33-30-23(29-31-33)18-6-8-19(26)9-7-18/h6-13,20,22H,4-5,14-16H2,1-3H3,(H,28,35)/t20-,22+/m1/s1. The molecule has 2 aromatic heterocycles. The minimum absolute atomic E-state index is 0.181. The van der Waals surface area contributed by atoms with Gasteiger partial charge in [0.15, 0.2) is 0 Å². The first-order chi connectivity index (χ1) is 17.2. The maximum Gasteiger partial charge on any atom is 0.247 e. The average Bonchev–Trinajstić information content (AvgIpc) is 3.51. The molecule has 0 saturated carbocycles. The first-order valence-electron chi connectivity index (χ1n) is 11.9. The summed E-state index contributed by atoms with van der Waals surface area (Å²) < 4.78 is 19.1. The molecule has 0 bridgehead atoms. The summed E-state index contributed by atoms with van der Waals surface area (Å²) in [6.07, 6.45) is 4.69. The van der Waals surface area contributed by atoms with Crippen LogP contribution in [0.2, 0.25) is 0 Å². The zero-order chi connectivity index (χ0) is 25.7. The summed E-state index contributed by atoms with van der Waals surface area (Å²) >= 11 is 0. The summed E-state index contributed by atoms with van der Waals surface area (Å²) in [5.41, 5.74) is 0.709. The average molecular weight is 496 g/mol. The lowest BCUT2D eigenvalue weighted by atomic mass is 10.0. The van der Waals surface area contributed by atoms with Crippen LogP contribution in [0.4, 0.5) is 4.39 Å². The van der Waals surface area contributed by atoms with E-state index >= 15 is 0 Å². The molecule has 1 aliphatic heterocycles. The summed E-state index contributed by atoms with van der Waals surface area (Å²) in [5.74, 6) is -0.774. The molecule has 1 saturated heterocycles. The number of halogens is 1. The first-order valence-corrected chi connectivity index (χ1v) is 11.9. The van der Waals surface area contributed by atoms with Gasteiger partial charge in [-0.2, -0.15) is 4.80 Å². The number of ether oxygens (including phenoxy) is 1. The lowest BCUT2D eigenvalue weighted by Gasteiger charge is -2.34. The van der Waals surface area contributed by atoms with Crippen molar-refractivity contribution in [3.05, 3.63) is 60.2 Å². The minimum Gasteiger partial charge on any atom is -0.376 e. The van der Waals surface area contributed by atoms with Crippen molar-refractivity contribution < 1.29 is 18.7 Å². The SMILES string of the molecule is CC(C)(C)NC(=O)[C@H](c1ccncc1)N(C[C@H]1CCCO1)C(=O)Cn1nnc(-c2ccc(F)cc2)n1. The largest absolute Gasteiger partial charge is 0.376 e. The lowest BCUT2D eigenvalue weighted by molar-refractivity contribution is -0.144. The summed E-state index contributed by atoms with van der Waals surface area (Å²) in [7, 11) is 0. The van der Waals surface area contributed by atoms with E-state index in [0.717, 1.165) is 12.8 Å². The molecule has 190 valence electrons. The van der Waals surface area contributed by atoms with Crippen LogP contribution in [0.1, 0.15) is 45.2 Å². The second kappa shape index (κ2) is 10.9. The minimum atomic E-state index is -0.899. The van der Waals surface area contributed by atoms with Crippen molar-refractivity contribution in [1.29, 1.82) is 0 Å². The second-order valence-electron chi connectivity index (χ2n) is 9.75. The van der Waals surface area contributed by atoms with Gasteiger partial charge in [0.1, 0.15) is 18.4 Å². The Balaban J connectivity index is 1.62. The molecule has 0 spiro atoms. The van der Waals surface area contributed by atoms with Gasteiger partial charge in [0.25, 0.3) is 0 Å². The number of rotatable bonds is 8. The first kappa shape index (κ1) is 25.4. The number of amides is 2. The Morgan fingerprint density at radius 1 is 1.19 bits per heavy atom. The molecule has 11 heteroatoms. The third-order valence-electron chi connectivity index (χ3n) is 5.66. The summed E-state index contributed by atoms with van der Waals surface area (Å²) in [5, 5.41) is 15.3. The predicted molar refractivity (Wildman–Crippen MR) is 129 cm³/mol. The van der Waals surface area contributed by atoms with Crippen LogP contribution in [0, 0.1) is 5.82 Å². The molecule has 0 aliphatic carbocycles. The highest BCUT2D eigenvalue weighted by Crippen LogP contribution is 2.25. The van der Waals surface area contributed by atoms with E-state index < -0.39 is 11.6 Å². The molecule has 36 heavy (non-hydrogen) atoms. The highest BCUT2D eigenvalue weighted by molar-refractivity contribution is 5.89. The maximum absolute atomic E-state index is 13.7. The smallest absolute Gasteiger partial charge is 0.247 e. The molecule has 4 rings (SSSR count). The van der Waals surface area contributed by atoms with Crippen molar-refractivity contribution in [1.82, 2.24) is 35.4 Å². The fraction of sp³-hybridized carbons (Fsp3) is 0.440. The molecule has 0 radical (unpaired) electrons. The summed E-state index contributed by atoms with van der Waals surface area (Å²) in [4.78, 5) is 33.9. The molecule has 1 N–H and O–H groups in total. The maximum atomic E-state index is 13.7. The van der Waals surface area contributed by atoms with Gasteiger partial charge in [-0.05, 0) is 80.8 Å². The van der Waals surface area contributed by atoms with Crippen LogP contribution in [-0.2, 0) is 20.9 Å². The van der Waals surface area contributed by atoms with Crippen LogP contribution in [0.3, 0.4) is 0 Å². The van der Waals surface area contributed by atoms with Gasteiger partial charge in [0.05, 0.1) is 6.10 Å². The van der Waals surface area contributed by atoms with Crippen molar-refractivity contribution in [2.24, 2.45) is 0 Å². The molecular formula is C25H30FN7O3. The molecule has 2 atom stereocenters. The Morgan fingerprint density at radius 3 is 2.56 bits per heavy atom. The quantitative estimate of drug-likeness (QED) is 0.511. The number of carbonyl (C=O) groups is 2. The highest BCUT2D eigenvalue weighted by atomic mass is 19.1. The number of hydrogen-bond acceptors (Lipinski definition) is 7. The number of hydrogen-bond donors (Lipinski definition) is 1. The number of tetrazole rings is 1. The van der Waals surface area contributed by atoms with Crippen molar-refractivity contribution in [2.75, 3.05) is 13.2 Å². The van der Waals surface area contributed by atoms with Gasteiger partial charge in [-0.3, -0.25) is 14.6 Å². The third-order valence-corrected chi connectivity index (χ3v) is 5.66. The van der Waals surface area contributed by atoms with E-state index in [-0.39, 0.29) is 42.6 Å². The summed E-state index contributed by atoms with van der Waals surface area (Å²) in [6.45, 7) is 6.28. The Kier molecular flexibility index (Phi) is 7.68. The zero-order valence-corrected chi connectivity index (χ0v) is 20.6. The van der Waals surface area contributed by atoms with E-state index in [1.54, 1.807) is 36.7 Å². The molecule has 1 fully saturated rings. The van der Waals surface area contributed by atoms with E-state index in [2.05, 4.69) is 25.7 Å². The number of nitrogens with one attached hydrogen (secondary N) is 1. The van der Waals surface area contributed by atoms with Crippen LogP contribution in [-0.4, -0.2) is 66.7 Å². The highest BCUT2D eigenvalue weighted by Gasteiger charge is 2.35. The van der Waals surface area contributed by atoms with Gasteiger partial charge >= 0.3 is 0 Å².